The van der Waals surface area contributed by atoms with E-state index in [1.807, 2.05) is 30.3 Å². The van der Waals surface area contributed by atoms with Crippen LogP contribution in [0.1, 0.15) is 81.3 Å². The number of methoxy groups -OCH3 is 1. The number of aliphatic hydroxyl groups excluding tert-OH is 1. The Labute approximate surface area is 259 Å². The molecular formula is C34H35NO10. The minimum atomic E-state index is -2.01. The summed E-state index contributed by atoms with van der Waals surface area (Å²) in [4.78, 5) is 40.2. The number of ether oxygens (including phenoxy) is 3. The van der Waals surface area contributed by atoms with E-state index in [1.165, 1.54) is 32.2 Å². The number of aromatic hydroxyl groups is 2. The smallest absolute Gasteiger partial charge is 0.202 e. The van der Waals surface area contributed by atoms with Crippen molar-refractivity contribution in [1.29, 1.82) is 0 Å². The maximum atomic E-state index is 13.8. The van der Waals surface area contributed by atoms with Gasteiger partial charge in [0.25, 0.3) is 0 Å². The molecule has 0 radical (unpaired) electrons. The van der Waals surface area contributed by atoms with Crippen molar-refractivity contribution in [2.24, 2.45) is 0 Å². The second-order valence-corrected chi connectivity index (χ2v) is 11.9. The Morgan fingerprint density at radius 1 is 1.02 bits per heavy atom. The lowest BCUT2D eigenvalue weighted by atomic mass is 9.72. The predicted octanol–water partition coefficient (Wildman–Crippen LogP) is 2.86. The zero-order valence-corrected chi connectivity index (χ0v) is 25.1. The van der Waals surface area contributed by atoms with E-state index >= 15 is 0 Å². The normalized spacial score (nSPS) is 27.4. The number of phenolic OH excluding ortho intramolecular Hbond substituents is 2. The van der Waals surface area contributed by atoms with E-state index < -0.39 is 82.6 Å². The van der Waals surface area contributed by atoms with Crippen LogP contribution >= 0.6 is 0 Å². The quantitative estimate of drug-likeness (QED) is 0.193. The molecule has 0 spiro atoms. The van der Waals surface area contributed by atoms with Crippen LogP contribution in [0.5, 0.6) is 17.2 Å². The standard InChI is InChI=1S/C34H35NO10/c1-16-29(37)21(35-15-18-8-5-4-6-9-18)12-24(44-16)45-23-14-34(42,17(2)36)13-20-26(23)33(41)28-27(31(20)39)30(38)19-10-7-11-22(43-3)25(19)32(28)40/h4-11,16,21,23-24,29,35,37,39,41-42H,12-15H2,1-3H3/t16-,21-,23-,24+,29+,34-/m0/s1. The highest BCUT2D eigenvalue weighted by Crippen LogP contribution is 2.52. The molecule has 1 saturated heterocycles. The number of hydrogen-bond donors (Lipinski definition) is 5. The highest BCUT2D eigenvalue weighted by atomic mass is 16.7. The third-order valence-electron chi connectivity index (χ3n) is 9.16. The van der Waals surface area contributed by atoms with Crippen molar-refractivity contribution in [3.8, 4) is 17.2 Å². The molecule has 0 amide bonds. The first kappa shape index (κ1) is 30.9. The fourth-order valence-corrected chi connectivity index (χ4v) is 6.67. The lowest BCUT2D eigenvalue weighted by molar-refractivity contribution is -0.249. The van der Waals surface area contributed by atoms with Crippen molar-refractivity contribution in [2.75, 3.05) is 7.11 Å². The topological polar surface area (TPSA) is 172 Å². The second kappa shape index (κ2) is 11.7. The Morgan fingerprint density at radius 3 is 2.42 bits per heavy atom. The lowest BCUT2D eigenvalue weighted by Gasteiger charge is -2.43. The first-order valence-electron chi connectivity index (χ1n) is 14.8. The number of ketones is 3. The average molecular weight is 618 g/mol. The van der Waals surface area contributed by atoms with E-state index in [-0.39, 0.29) is 40.8 Å². The van der Waals surface area contributed by atoms with Crippen LogP contribution in [0, 0.1) is 0 Å². The first-order valence-corrected chi connectivity index (χ1v) is 14.8. The van der Waals surface area contributed by atoms with Crippen LogP contribution in [0.15, 0.2) is 48.5 Å². The Balaban J connectivity index is 1.39. The van der Waals surface area contributed by atoms with Crippen LogP contribution in [-0.2, 0) is 27.2 Å². The van der Waals surface area contributed by atoms with Gasteiger partial charge in [0, 0.05) is 48.5 Å². The average Bonchev–Trinajstić information content (AvgIpc) is 3.02. The number of rotatable bonds is 7. The number of Topliss-reactive ketones (excluding diaryl/α,β-unsaturated/α-hetero) is 1. The Hall–Kier alpha value is -4.13. The minimum Gasteiger partial charge on any atom is -0.507 e. The van der Waals surface area contributed by atoms with E-state index in [0.717, 1.165) is 5.56 Å². The summed E-state index contributed by atoms with van der Waals surface area (Å²) in [6, 6.07) is 13.7. The van der Waals surface area contributed by atoms with Gasteiger partial charge in [0.15, 0.2) is 17.9 Å². The summed E-state index contributed by atoms with van der Waals surface area (Å²) < 4.78 is 17.6. The molecule has 5 N–H and O–H groups in total. The van der Waals surface area contributed by atoms with Gasteiger partial charge < -0.3 is 40.0 Å². The van der Waals surface area contributed by atoms with Gasteiger partial charge in [0.05, 0.1) is 42.1 Å². The summed E-state index contributed by atoms with van der Waals surface area (Å²) in [5, 5.41) is 48.8. The molecular weight excluding hydrogens is 582 g/mol. The van der Waals surface area contributed by atoms with Gasteiger partial charge >= 0.3 is 0 Å². The molecule has 236 valence electrons. The van der Waals surface area contributed by atoms with Crippen molar-refractivity contribution < 1.29 is 49.0 Å². The SMILES string of the molecule is COc1cccc2c1C(=O)c1c(O)c3c(c(O)c1C2=O)C[C@@](O)(C(C)=O)C[C@@H]3O[C@@H]1C[C@H](NCc2ccccc2)[C@H](O)[C@H](C)O1. The maximum Gasteiger partial charge on any atom is 0.202 e. The largest absolute Gasteiger partial charge is 0.507 e. The third kappa shape index (κ3) is 5.20. The predicted molar refractivity (Wildman–Crippen MR) is 159 cm³/mol. The van der Waals surface area contributed by atoms with Crippen LogP contribution < -0.4 is 10.1 Å². The van der Waals surface area contributed by atoms with Crippen molar-refractivity contribution in [3.63, 3.8) is 0 Å². The first-order chi connectivity index (χ1) is 21.4. The number of aliphatic hydroxyl groups is 2. The molecule has 3 aliphatic rings. The molecule has 0 saturated carbocycles. The van der Waals surface area contributed by atoms with Crippen LogP contribution in [0.4, 0.5) is 0 Å². The van der Waals surface area contributed by atoms with Crippen molar-refractivity contribution >= 4 is 17.3 Å². The molecule has 0 aromatic heterocycles. The molecule has 0 bridgehead atoms. The minimum absolute atomic E-state index is 0.0101. The molecule has 1 aliphatic heterocycles. The molecule has 1 fully saturated rings. The monoisotopic (exact) mass is 617 g/mol. The highest BCUT2D eigenvalue weighted by molar-refractivity contribution is 6.31. The van der Waals surface area contributed by atoms with Gasteiger partial charge in [0.1, 0.15) is 22.8 Å². The molecule has 6 atom stereocenters. The van der Waals surface area contributed by atoms with Gasteiger partial charge in [0.2, 0.25) is 5.78 Å². The number of benzene rings is 3. The van der Waals surface area contributed by atoms with Crippen LogP contribution in [-0.4, -0.2) is 75.0 Å². The van der Waals surface area contributed by atoms with Gasteiger partial charge in [-0.2, -0.15) is 0 Å². The molecule has 11 nitrogen and oxygen atoms in total. The van der Waals surface area contributed by atoms with Crippen LogP contribution in [0.3, 0.4) is 0 Å². The number of fused-ring (bicyclic) bond motifs is 3. The zero-order chi connectivity index (χ0) is 32.2. The molecule has 6 rings (SSSR count). The zero-order valence-electron chi connectivity index (χ0n) is 25.1. The summed E-state index contributed by atoms with van der Waals surface area (Å²) in [7, 11) is 1.35. The molecule has 3 aromatic carbocycles. The van der Waals surface area contributed by atoms with Crippen molar-refractivity contribution in [3.05, 3.63) is 87.5 Å². The third-order valence-corrected chi connectivity index (χ3v) is 9.16. The van der Waals surface area contributed by atoms with E-state index in [1.54, 1.807) is 6.92 Å². The highest BCUT2D eigenvalue weighted by Gasteiger charge is 2.49. The lowest BCUT2D eigenvalue weighted by Crippen LogP contribution is -2.54. The summed E-state index contributed by atoms with van der Waals surface area (Å²) in [6.45, 7) is 3.36. The van der Waals surface area contributed by atoms with Gasteiger partial charge in [-0.05, 0) is 25.5 Å². The maximum absolute atomic E-state index is 13.8. The fourth-order valence-electron chi connectivity index (χ4n) is 6.67. The molecule has 45 heavy (non-hydrogen) atoms. The van der Waals surface area contributed by atoms with Gasteiger partial charge in [-0.1, -0.05) is 42.5 Å². The number of carbonyl (C=O) groups is 3. The van der Waals surface area contributed by atoms with E-state index in [9.17, 15) is 34.8 Å². The Morgan fingerprint density at radius 2 is 1.73 bits per heavy atom. The van der Waals surface area contributed by atoms with Crippen molar-refractivity contribution in [1.82, 2.24) is 5.32 Å². The number of carbonyl (C=O) groups excluding carboxylic acids is 3. The van der Waals surface area contributed by atoms with Gasteiger partial charge in [-0.15, -0.1) is 0 Å². The van der Waals surface area contributed by atoms with Crippen LogP contribution in [0.2, 0.25) is 0 Å². The Bertz CT molecular complexity index is 1690. The number of nitrogens with one attached hydrogen (secondary N) is 1. The summed E-state index contributed by atoms with van der Waals surface area (Å²) >= 11 is 0. The Kier molecular flexibility index (Phi) is 8.00. The molecule has 0 unspecified atom stereocenters. The summed E-state index contributed by atoms with van der Waals surface area (Å²) in [5.41, 5.74) is -1.98. The summed E-state index contributed by atoms with van der Waals surface area (Å²) in [5.74, 6) is -3.13. The number of phenols is 2. The van der Waals surface area contributed by atoms with E-state index in [2.05, 4.69) is 5.32 Å². The van der Waals surface area contributed by atoms with E-state index in [4.69, 9.17) is 14.2 Å². The molecule has 11 heteroatoms. The van der Waals surface area contributed by atoms with Crippen molar-refractivity contribution in [2.45, 2.75) is 75.9 Å². The molecule has 1 heterocycles. The number of hydrogen-bond acceptors (Lipinski definition) is 11. The van der Waals surface area contributed by atoms with Crippen LogP contribution in [0.25, 0.3) is 0 Å². The van der Waals surface area contributed by atoms with E-state index in [0.29, 0.717) is 6.54 Å². The fraction of sp³-hybridized carbons (Fsp3) is 0.382. The van der Waals surface area contributed by atoms with Gasteiger partial charge in [-0.25, -0.2) is 0 Å². The summed E-state index contributed by atoms with van der Waals surface area (Å²) in [6.07, 6.45) is -4.31. The van der Waals surface area contributed by atoms with Gasteiger partial charge in [-0.3, -0.25) is 14.4 Å². The second-order valence-electron chi connectivity index (χ2n) is 11.9. The molecule has 3 aromatic rings. The molecule has 2 aliphatic carbocycles.